The third-order valence-electron chi connectivity index (χ3n) is 4.01. The van der Waals surface area contributed by atoms with E-state index in [9.17, 15) is 0 Å². The topological polar surface area (TPSA) is 35.0 Å². The van der Waals surface area contributed by atoms with Gasteiger partial charge >= 0.3 is 0 Å². The predicted octanol–water partition coefficient (Wildman–Crippen LogP) is 4.61. The standard InChI is InChI=1S/C17H16N2OS/c1-11-7-8-13-14(9-11)21-17-15(13)16(18-10-19-17)20-12-5-3-2-4-6-12/h2-6,10-11H,7-9H2,1H3. The molecular weight excluding hydrogens is 280 g/mol. The highest BCUT2D eigenvalue weighted by Crippen LogP contribution is 2.41. The number of fused-ring (bicyclic) bond motifs is 3. The lowest BCUT2D eigenvalue weighted by atomic mass is 9.89. The first-order valence-electron chi connectivity index (χ1n) is 7.29. The Balaban J connectivity index is 1.82. The molecule has 2 heterocycles. The Morgan fingerprint density at radius 3 is 2.90 bits per heavy atom. The number of aromatic nitrogens is 2. The van der Waals surface area contributed by atoms with E-state index in [2.05, 4.69) is 16.9 Å². The van der Waals surface area contributed by atoms with Crippen molar-refractivity contribution in [1.82, 2.24) is 9.97 Å². The van der Waals surface area contributed by atoms with E-state index < -0.39 is 0 Å². The first-order valence-corrected chi connectivity index (χ1v) is 8.11. The summed E-state index contributed by atoms with van der Waals surface area (Å²) >= 11 is 1.80. The Morgan fingerprint density at radius 1 is 1.19 bits per heavy atom. The van der Waals surface area contributed by atoms with Crippen molar-refractivity contribution in [2.45, 2.75) is 26.2 Å². The van der Waals surface area contributed by atoms with Crippen LogP contribution in [0.3, 0.4) is 0 Å². The van der Waals surface area contributed by atoms with Gasteiger partial charge in [-0.3, -0.25) is 0 Å². The number of hydrogen-bond acceptors (Lipinski definition) is 4. The van der Waals surface area contributed by atoms with Crippen molar-refractivity contribution < 1.29 is 4.74 Å². The number of aryl methyl sites for hydroxylation is 1. The molecule has 0 saturated heterocycles. The van der Waals surface area contributed by atoms with Crippen LogP contribution in [0.25, 0.3) is 10.2 Å². The molecule has 0 N–H and O–H groups in total. The van der Waals surface area contributed by atoms with Crippen LogP contribution in [0.2, 0.25) is 0 Å². The molecule has 0 spiro atoms. The molecule has 0 radical (unpaired) electrons. The minimum absolute atomic E-state index is 0.693. The summed E-state index contributed by atoms with van der Waals surface area (Å²) in [5.41, 5.74) is 1.40. The lowest BCUT2D eigenvalue weighted by molar-refractivity contribution is 0.466. The number of rotatable bonds is 2. The smallest absolute Gasteiger partial charge is 0.231 e. The van der Waals surface area contributed by atoms with Gasteiger partial charge in [-0.15, -0.1) is 11.3 Å². The SMILES string of the molecule is CC1CCc2c(sc3ncnc(Oc4ccccc4)c23)C1. The Morgan fingerprint density at radius 2 is 2.05 bits per heavy atom. The first-order chi connectivity index (χ1) is 10.3. The van der Waals surface area contributed by atoms with Gasteiger partial charge in [0.15, 0.2) is 0 Å². The van der Waals surface area contributed by atoms with Crippen molar-refractivity contribution >= 4 is 21.6 Å². The van der Waals surface area contributed by atoms with Gasteiger partial charge in [-0.1, -0.05) is 25.1 Å². The average molecular weight is 296 g/mol. The van der Waals surface area contributed by atoms with Gasteiger partial charge < -0.3 is 4.74 Å². The van der Waals surface area contributed by atoms with E-state index in [1.54, 1.807) is 17.7 Å². The van der Waals surface area contributed by atoms with E-state index in [-0.39, 0.29) is 0 Å². The minimum atomic E-state index is 0.693. The summed E-state index contributed by atoms with van der Waals surface area (Å²) in [6, 6.07) is 9.83. The Hall–Kier alpha value is -1.94. The van der Waals surface area contributed by atoms with Crippen molar-refractivity contribution in [1.29, 1.82) is 0 Å². The van der Waals surface area contributed by atoms with E-state index in [4.69, 9.17) is 4.74 Å². The fraction of sp³-hybridized carbons (Fsp3) is 0.294. The number of benzene rings is 1. The number of thiophene rings is 1. The zero-order valence-corrected chi connectivity index (χ0v) is 12.7. The summed E-state index contributed by atoms with van der Waals surface area (Å²) in [5.74, 6) is 2.27. The summed E-state index contributed by atoms with van der Waals surface area (Å²) in [6.07, 6.45) is 5.10. The van der Waals surface area contributed by atoms with Gasteiger partial charge in [-0.25, -0.2) is 9.97 Å². The maximum absolute atomic E-state index is 6.00. The molecule has 1 unspecified atom stereocenters. The molecule has 0 fully saturated rings. The van der Waals surface area contributed by atoms with Crippen molar-refractivity contribution in [2.24, 2.45) is 5.92 Å². The van der Waals surface area contributed by atoms with Gasteiger partial charge in [0.05, 0.1) is 5.39 Å². The van der Waals surface area contributed by atoms with Gasteiger partial charge in [0.2, 0.25) is 5.88 Å². The first kappa shape index (κ1) is 12.8. The zero-order chi connectivity index (χ0) is 14.2. The molecule has 3 aromatic rings. The minimum Gasteiger partial charge on any atom is -0.438 e. The van der Waals surface area contributed by atoms with Gasteiger partial charge in [-0.05, 0) is 42.9 Å². The molecule has 0 amide bonds. The normalized spacial score (nSPS) is 17.7. The molecule has 1 atom stereocenters. The molecular formula is C17H16N2OS. The number of para-hydroxylation sites is 1. The second kappa shape index (κ2) is 5.11. The van der Waals surface area contributed by atoms with E-state index >= 15 is 0 Å². The Bertz CT molecular complexity index is 782. The summed E-state index contributed by atoms with van der Waals surface area (Å²) < 4.78 is 6.00. The van der Waals surface area contributed by atoms with Crippen molar-refractivity contribution in [3.8, 4) is 11.6 Å². The number of ether oxygens (including phenoxy) is 1. The van der Waals surface area contributed by atoms with Crippen LogP contribution in [0, 0.1) is 5.92 Å². The highest BCUT2D eigenvalue weighted by atomic mass is 32.1. The Kier molecular flexibility index (Phi) is 3.11. The third kappa shape index (κ3) is 2.29. The molecule has 0 saturated carbocycles. The van der Waals surface area contributed by atoms with Gasteiger partial charge in [0.1, 0.15) is 16.9 Å². The molecule has 106 valence electrons. The van der Waals surface area contributed by atoms with Crippen LogP contribution in [0.5, 0.6) is 11.6 Å². The number of nitrogens with zero attached hydrogens (tertiary/aromatic N) is 2. The molecule has 4 heteroatoms. The molecule has 1 aliphatic rings. The summed E-state index contributed by atoms with van der Waals surface area (Å²) in [6.45, 7) is 2.32. The molecule has 4 rings (SSSR count). The molecule has 1 aliphatic carbocycles. The summed E-state index contributed by atoms with van der Waals surface area (Å²) in [4.78, 5) is 11.3. The van der Waals surface area contributed by atoms with Crippen LogP contribution in [0.1, 0.15) is 23.8 Å². The van der Waals surface area contributed by atoms with E-state index in [0.717, 1.165) is 34.7 Å². The quantitative estimate of drug-likeness (QED) is 0.692. The lowest BCUT2D eigenvalue weighted by Gasteiger charge is -2.18. The zero-order valence-electron chi connectivity index (χ0n) is 11.9. The molecule has 2 aromatic heterocycles. The van der Waals surface area contributed by atoms with Crippen LogP contribution < -0.4 is 4.74 Å². The summed E-state index contributed by atoms with van der Waals surface area (Å²) in [7, 11) is 0. The number of hydrogen-bond donors (Lipinski definition) is 0. The summed E-state index contributed by atoms with van der Waals surface area (Å²) in [5, 5.41) is 1.12. The van der Waals surface area contributed by atoms with Gasteiger partial charge in [0, 0.05) is 4.88 Å². The maximum Gasteiger partial charge on any atom is 0.231 e. The van der Waals surface area contributed by atoms with Crippen LogP contribution in [-0.2, 0) is 12.8 Å². The maximum atomic E-state index is 6.00. The van der Waals surface area contributed by atoms with Crippen molar-refractivity contribution in [3.05, 3.63) is 47.1 Å². The second-order valence-electron chi connectivity index (χ2n) is 5.63. The van der Waals surface area contributed by atoms with Crippen molar-refractivity contribution in [3.63, 3.8) is 0 Å². The van der Waals surface area contributed by atoms with Gasteiger partial charge in [-0.2, -0.15) is 0 Å². The van der Waals surface area contributed by atoms with Crippen LogP contribution in [0.15, 0.2) is 36.7 Å². The largest absolute Gasteiger partial charge is 0.438 e. The molecule has 3 nitrogen and oxygen atoms in total. The molecule has 0 aliphatic heterocycles. The molecule has 21 heavy (non-hydrogen) atoms. The van der Waals surface area contributed by atoms with Crippen LogP contribution in [0.4, 0.5) is 0 Å². The molecule has 0 bridgehead atoms. The predicted molar refractivity (Wildman–Crippen MR) is 85.1 cm³/mol. The van der Waals surface area contributed by atoms with E-state index in [1.807, 2.05) is 30.3 Å². The third-order valence-corrected chi connectivity index (χ3v) is 5.18. The highest BCUT2D eigenvalue weighted by molar-refractivity contribution is 7.18. The fourth-order valence-electron chi connectivity index (χ4n) is 2.92. The Labute approximate surface area is 127 Å². The second-order valence-corrected chi connectivity index (χ2v) is 6.71. The fourth-order valence-corrected chi connectivity index (χ4v) is 4.26. The average Bonchev–Trinajstić information content (AvgIpc) is 2.86. The van der Waals surface area contributed by atoms with Crippen LogP contribution in [-0.4, -0.2) is 9.97 Å². The van der Waals surface area contributed by atoms with Crippen LogP contribution >= 0.6 is 11.3 Å². The van der Waals surface area contributed by atoms with E-state index in [1.165, 1.54) is 16.9 Å². The molecule has 1 aromatic carbocycles. The van der Waals surface area contributed by atoms with Crippen molar-refractivity contribution in [2.75, 3.05) is 0 Å². The lowest BCUT2D eigenvalue weighted by Crippen LogP contribution is -2.08. The highest BCUT2D eigenvalue weighted by Gasteiger charge is 2.23. The van der Waals surface area contributed by atoms with Gasteiger partial charge in [0.25, 0.3) is 0 Å². The van der Waals surface area contributed by atoms with E-state index in [0.29, 0.717) is 5.88 Å². The monoisotopic (exact) mass is 296 g/mol.